The first kappa shape index (κ1) is 18.9. The number of nitrogens with one attached hydrogen (secondary N) is 1. The Hall–Kier alpha value is -1.46. The molecule has 0 radical (unpaired) electrons. The van der Waals surface area contributed by atoms with Crippen molar-refractivity contribution in [3.05, 3.63) is 33.8 Å². The van der Waals surface area contributed by atoms with Gasteiger partial charge >= 0.3 is 6.03 Å². The van der Waals surface area contributed by atoms with Gasteiger partial charge in [-0.15, -0.1) is 0 Å². The number of piperazine rings is 1. The molecule has 0 spiro atoms. The van der Waals surface area contributed by atoms with E-state index in [0.29, 0.717) is 48.3 Å². The lowest BCUT2D eigenvalue weighted by Crippen LogP contribution is -2.53. The van der Waals surface area contributed by atoms with Crippen molar-refractivity contribution in [2.24, 2.45) is 5.41 Å². The van der Waals surface area contributed by atoms with E-state index < -0.39 is 0 Å². The fraction of sp³-hybridized carbons (Fsp3) is 0.529. The number of carbonyl (C=O) groups is 2. The first-order valence-corrected chi connectivity index (χ1v) is 8.70. The maximum atomic E-state index is 12.5. The van der Waals surface area contributed by atoms with Gasteiger partial charge in [-0.05, 0) is 23.6 Å². The van der Waals surface area contributed by atoms with Crippen LogP contribution in [0.4, 0.5) is 4.79 Å². The minimum absolute atomic E-state index is 0.0430. The first-order valence-electron chi connectivity index (χ1n) is 7.94. The monoisotopic (exact) mass is 371 g/mol. The third-order valence-corrected chi connectivity index (χ3v) is 4.53. The summed E-state index contributed by atoms with van der Waals surface area (Å²) in [4.78, 5) is 28.1. The maximum Gasteiger partial charge on any atom is 0.317 e. The van der Waals surface area contributed by atoms with Crippen LogP contribution in [0.3, 0.4) is 0 Å². The molecule has 0 bridgehead atoms. The SMILES string of the molecule is CC(C)(C)CNC(=O)N1CCN(C(=O)c2ccc(Cl)c(Cl)c2)CC1. The summed E-state index contributed by atoms with van der Waals surface area (Å²) in [6, 6.07) is 4.78. The van der Waals surface area contributed by atoms with Crippen molar-refractivity contribution in [3.8, 4) is 0 Å². The van der Waals surface area contributed by atoms with E-state index in [9.17, 15) is 9.59 Å². The van der Waals surface area contributed by atoms with E-state index in [4.69, 9.17) is 23.2 Å². The predicted molar refractivity (Wildman–Crippen MR) is 96.8 cm³/mol. The predicted octanol–water partition coefficient (Wildman–Crippen LogP) is 3.51. The number of amides is 3. The van der Waals surface area contributed by atoms with Gasteiger partial charge in [0, 0.05) is 38.3 Å². The normalized spacial score (nSPS) is 15.4. The van der Waals surface area contributed by atoms with Crippen LogP contribution in [0.5, 0.6) is 0 Å². The molecule has 0 unspecified atom stereocenters. The summed E-state index contributed by atoms with van der Waals surface area (Å²) in [6.45, 7) is 8.87. The van der Waals surface area contributed by atoms with Gasteiger partial charge in [0.2, 0.25) is 0 Å². The lowest BCUT2D eigenvalue weighted by atomic mass is 9.97. The van der Waals surface area contributed by atoms with Gasteiger partial charge in [-0.2, -0.15) is 0 Å². The van der Waals surface area contributed by atoms with Crippen LogP contribution < -0.4 is 5.32 Å². The maximum absolute atomic E-state index is 12.5. The Labute approximate surface area is 152 Å². The fourth-order valence-electron chi connectivity index (χ4n) is 2.38. The molecule has 1 saturated heterocycles. The second-order valence-corrected chi connectivity index (χ2v) is 7.94. The van der Waals surface area contributed by atoms with Crippen molar-refractivity contribution < 1.29 is 9.59 Å². The summed E-state index contributed by atoms with van der Waals surface area (Å²) >= 11 is 11.8. The van der Waals surface area contributed by atoms with E-state index >= 15 is 0 Å². The molecule has 1 aliphatic rings. The standard InChI is InChI=1S/C17H23Cl2N3O2/c1-17(2,3)11-20-16(24)22-8-6-21(7-9-22)15(23)12-4-5-13(18)14(19)10-12/h4-5,10H,6-9,11H2,1-3H3,(H,20,24). The van der Waals surface area contributed by atoms with E-state index in [1.807, 2.05) is 0 Å². The van der Waals surface area contributed by atoms with Crippen LogP contribution in [0, 0.1) is 5.41 Å². The third kappa shape index (κ3) is 5.02. The molecular weight excluding hydrogens is 349 g/mol. The zero-order chi connectivity index (χ0) is 17.9. The molecule has 7 heteroatoms. The third-order valence-electron chi connectivity index (χ3n) is 3.79. The van der Waals surface area contributed by atoms with E-state index in [0.717, 1.165) is 0 Å². The Kier molecular flexibility index (Phi) is 5.99. The van der Waals surface area contributed by atoms with Crippen LogP contribution in [0.25, 0.3) is 0 Å². The average Bonchev–Trinajstić information content (AvgIpc) is 2.54. The molecule has 1 N–H and O–H groups in total. The van der Waals surface area contributed by atoms with Gasteiger partial charge in [0.15, 0.2) is 0 Å². The lowest BCUT2D eigenvalue weighted by molar-refractivity contribution is 0.0664. The van der Waals surface area contributed by atoms with E-state index in [-0.39, 0.29) is 17.4 Å². The topological polar surface area (TPSA) is 52.7 Å². The highest BCUT2D eigenvalue weighted by Gasteiger charge is 2.25. The highest BCUT2D eigenvalue weighted by Crippen LogP contribution is 2.23. The number of halogens is 2. The molecule has 2 rings (SSSR count). The van der Waals surface area contributed by atoms with Crippen LogP contribution in [-0.4, -0.2) is 54.5 Å². The van der Waals surface area contributed by atoms with E-state index in [2.05, 4.69) is 26.1 Å². The van der Waals surface area contributed by atoms with Crippen molar-refractivity contribution in [2.45, 2.75) is 20.8 Å². The highest BCUT2D eigenvalue weighted by atomic mass is 35.5. The Morgan fingerprint density at radius 1 is 1.04 bits per heavy atom. The van der Waals surface area contributed by atoms with Gasteiger partial charge in [0.05, 0.1) is 10.0 Å². The summed E-state index contributed by atoms with van der Waals surface area (Å²) in [5, 5.41) is 3.72. The number of rotatable bonds is 2. The number of benzene rings is 1. The van der Waals surface area contributed by atoms with E-state index in [1.54, 1.807) is 28.0 Å². The highest BCUT2D eigenvalue weighted by molar-refractivity contribution is 6.42. The van der Waals surface area contributed by atoms with Crippen LogP contribution in [-0.2, 0) is 0 Å². The molecule has 1 aromatic rings. The molecule has 24 heavy (non-hydrogen) atoms. The summed E-state index contributed by atoms with van der Waals surface area (Å²) in [5.41, 5.74) is 0.552. The van der Waals surface area contributed by atoms with Crippen LogP contribution in [0.15, 0.2) is 18.2 Å². The van der Waals surface area contributed by atoms with Gasteiger partial charge in [-0.3, -0.25) is 4.79 Å². The molecule has 1 heterocycles. The second-order valence-electron chi connectivity index (χ2n) is 7.13. The Balaban J connectivity index is 1.89. The molecule has 0 atom stereocenters. The molecular formula is C17H23Cl2N3O2. The Morgan fingerprint density at radius 2 is 1.62 bits per heavy atom. The van der Waals surface area contributed by atoms with Crippen LogP contribution >= 0.6 is 23.2 Å². The number of urea groups is 1. The van der Waals surface area contributed by atoms with Gasteiger partial charge in [0.1, 0.15) is 0 Å². The van der Waals surface area contributed by atoms with Crippen molar-refractivity contribution in [3.63, 3.8) is 0 Å². The smallest absolute Gasteiger partial charge is 0.317 e. The van der Waals surface area contributed by atoms with Gasteiger partial charge < -0.3 is 15.1 Å². The zero-order valence-electron chi connectivity index (χ0n) is 14.2. The summed E-state index contributed by atoms with van der Waals surface area (Å²) < 4.78 is 0. The van der Waals surface area contributed by atoms with Crippen molar-refractivity contribution in [1.82, 2.24) is 15.1 Å². The number of hydrogen-bond acceptors (Lipinski definition) is 2. The van der Waals surface area contributed by atoms with Gasteiger partial charge in [0.25, 0.3) is 5.91 Å². The summed E-state index contributed by atoms with van der Waals surface area (Å²) in [6.07, 6.45) is 0. The van der Waals surface area contributed by atoms with Crippen LogP contribution in [0.1, 0.15) is 31.1 Å². The molecule has 132 valence electrons. The Bertz CT molecular complexity index is 621. The summed E-state index contributed by atoms with van der Waals surface area (Å²) in [5.74, 6) is -0.0942. The Morgan fingerprint density at radius 3 is 2.17 bits per heavy atom. The quantitative estimate of drug-likeness (QED) is 0.864. The second kappa shape index (κ2) is 7.62. The van der Waals surface area contributed by atoms with Gasteiger partial charge in [-0.1, -0.05) is 44.0 Å². The first-order chi connectivity index (χ1) is 11.2. The fourth-order valence-corrected chi connectivity index (χ4v) is 2.68. The minimum Gasteiger partial charge on any atom is -0.337 e. The van der Waals surface area contributed by atoms with Gasteiger partial charge in [-0.25, -0.2) is 4.79 Å². The molecule has 1 fully saturated rings. The van der Waals surface area contributed by atoms with Crippen molar-refractivity contribution in [2.75, 3.05) is 32.7 Å². The molecule has 0 saturated carbocycles. The largest absolute Gasteiger partial charge is 0.337 e. The van der Waals surface area contributed by atoms with Crippen molar-refractivity contribution >= 4 is 35.1 Å². The number of nitrogens with zero attached hydrogens (tertiary/aromatic N) is 2. The minimum atomic E-state index is -0.0942. The molecule has 0 aliphatic carbocycles. The van der Waals surface area contributed by atoms with E-state index in [1.165, 1.54) is 0 Å². The molecule has 1 aliphatic heterocycles. The van der Waals surface area contributed by atoms with Crippen LogP contribution in [0.2, 0.25) is 10.0 Å². The number of hydrogen-bond donors (Lipinski definition) is 1. The molecule has 0 aromatic heterocycles. The van der Waals surface area contributed by atoms with Crippen molar-refractivity contribution in [1.29, 1.82) is 0 Å². The molecule has 3 amide bonds. The zero-order valence-corrected chi connectivity index (χ0v) is 15.7. The summed E-state index contributed by atoms with van der Waals surface area (Å²) in [7, 11) is 0. The molecule has 5 nitrogen and oxygen atoms in total. The molecule has 1 aromatic carbocycles. The lowest BCUT2D eigenvalue weighted by Gasteiger charge is -2.35. The average molecular weight is 372 g/mol. The number of carbonyl (C=O) groups excluding carboxylic acids is 2.